The van der Waals surface area contributed by atoms with Gasteiger partial charge >= 0.3 is 11.1 Å². The summed E-state index contributed by atoms with van der Waals surface area (Å²) in [4.78, 5) is 30.4. The Hall–Kier alpha value is -5.11. The first-order chi connectivity index (χ1) is 33.9. The second-order valence-corrected chi connectivity index (χ2v) is 22.5. The predicted molar refractivity (Wildman–Crippen MR) is 257 cm³/mol. The third kappa shape index (κ3) is 12.4. The van der Waals surface area contributed by atoms with E-state index in [1.807, 2.05) is 9.80 Å². The van der Waals surface area contributed by atoms with E-state index in [9.17, 15) is 44.0 Å². The van der Waals surface area contributed by atoms with Crippen LogP contribution in [0.1, 0.15) is 56.9 Å². The molecule has 27 heteroatoms. The van der Waals surface area contributed by atoms with Crippen LogP contribution < -0.4 is 30.4 Å². The molecule has 0 amide bonds. The van der Waals surface area contributed by atoms with Crippen molar-refractivity contribution in [3.05, 3.63) is 115 Å². The molecule has 382 valence electrons. The van der Waals surface area contributed by atoms with E-state index >= 15 is 0 Å². The summed E-state index contributed by atoms with van der Waals surface area (Å²) in [7, 11) is -7.28. The van der Waals surface area contributed by atoms with Crippen LogP contribution in [-0.2, 0) is 25.8 Å². The molecule has 2 aromatic carbocycles. The van der Waals surface area contributed by atoms with Crippen molar-refractivity contribution in [2.45, 2.75) is 69.3 Å². The molecule has 0 N–H and O–H groups in total. The summed E-state index contributed by atoms with van der Waals surface area (Å²) >= 11 is 17.4. The summed E-state index contributed by atoms with van der Waals surface area (Å²) in [6, 6.07) is 6.85. The van der Waals surface area contributed by atoms with Crippen molar-refractivity contribution in [3.8, 4) is 22.9 Å². The lowest BCUT2D eigenvalue weighted by atomic mass is 10.2. The molecule has 3 aromatic heterocycles. The zero-order valence-corrected chi connectivity index (χ0v) is 41.7. The van der Waals surface area contributed by atoms with Gasteiger partial charge < -0.3 is 19.3 Å². The van der Waals surface area contributed by atoms with Crippen LogP contribution in [-0.4, -0.2) is 125 Å². The minimum absolute atomic E-state index is 0.0159. The average Bonchev–Trinajstić information content (AvgIpc) is 4.06. The van der Waals surface area contributed by atoms with Crippen molar-refractivity contribution in [1.29, 1.82) is 0 Å². The highest BCUT2D eigenvalue weighted by atomic mass is 35.5. The van der Waals surface area contributed by atoms with E-state index in [4.69, 9.17) is 44.3 Å². The van der Waals surface area contributed by atoms with E-state index < -0.39 is 59.6 Å². The van der Waals surface area contributed by atoms with Crippen molar-refractivity contribution in [1.82, 2.24) is 38.4 Å². The third-order valence-corrected chi connectivity index (χ3v) is 17.0. The van der Waals surface area contributed by atoms with Crippen LogP contribution >= 0.6 is 34.8 Å². The van der Waals surface area contributed by atoms with Gasteiger partial charge in [0.25, 0.3) is 0 Å². The number of hydrogen-bond acceptors (Lipinski definition) is 14. The van der Waals surface area contributed by atoms with Crippen LogP contribution in [0.2, 0.25) is 10.3 Å². The topological polar surface area (TPSA) is 195 Å². The quantitative estimate of drug-likeness (QED) is 0.0975. The van der Waals surface area contributed by atoms with Gasteiger partial charge in [0, 0.05) is 70.1 Å². The Morgan fingerprint density at radius 1 is 0.563 bits per heavy atom. The SMILES string of the molecule is O=c1c(OC2CCCC2)c(N2CCN(S(=O)(=O)CCl)CC2)cnn1-c1cc(F)cc(F)c1.O=c1c(OC2CCCC2)c(N2CCN(S(=O)(=O)Cc3cc(Cl)nnc3Cl)CC2)cnn1-c1cc(F)cc(F)c1. The molecule has 4 aliphatic rings. The highest BCUT2D eigenvalue weighted by molar-refractivity contribution is 7.90. The number of rotatable bonds is 13. The maximum absolute atomic E-state index is 13.9. The van der Waals surface area contributed by atoms with Gasteiger partial charge in [0.1, 0.15) is 39.9 Å². The monoisotopic (exact) mass is 1090 g/mol. The number of ether oxygens (including phenoxy) is 2. The van der Waals surface area contributed by atoms with Gasteiger partial charge in [0.05, 0.1) is 41.7 Å². The van der Waals surface area contributed by atoms with E-state index in [-0.39, 0.29) is 96.0 Å². The summed E-state index contributed by atoms with van der Waals surface area (Å²) in [5, 5.41) is 15.0. The Morgan fingerprint density at radius 2 is 0.958 bits per heavy atom. The highest BCUT2D eigenvalue weighted by Crippen LogP contribution is 2.33. The van der Waals surface area contributed by atoms with Gasteiger partial charge in [-0.1, -0.05) is 23.2 Å². The van der Waals surface area contributed by atoms with Gasteiger partial charge in [-0.25, -0.2) is 34.4 Å². The number of hydrogen-bond donors (Lipinski definition) is 0. The largest absolute Gasteiger partial charge is 0.483 e. The number of anilines is 2. The van der Waals surface area contributed by atoms with Crippen LogP contribution in [0.5, 0.6) is 11.5 Å². The van der Waals surface area contributed by atoms with Crippen LogP contribution in [0.15, 0.2) is 64.4 Å². The molecule has 0 atom stereocenters. The number of halogens is 7. The Labute approximate surface area is 420 Å². The third-order valence-electron chi connectivity index (χ3n) is 12.4. The standard InChI is InChI=1S/C24H24Cl2F2N6O4S.C20H23ClF2N4O4S/c25-21-9-15(23(26)31-30-21)14-39(36,37)33-7-5-32(6-8-33)20-13-29-34(18-11-16(27)10-17(28)12-18)24(35)22(20)38-19-3-1-2-4-19;21-13-32(29,30)26-7-5-25(6-8-26)18-12-24-27(16-10-14(22)9-15(23)11-16)20(28)19(18)31-17-3-1-2-4-17/h9-13,19H,1-8,14H2;9-12,17H,1-8,13H2. The van der Waals surface area contributed by atoms with Gasteiger partial charge in [-0.3, -0.25) is 9.59 Å². The zero-order valence-electron chi connectivity index (χ0n) is 37.8. The van der Waals surface area contributed by atoms with Crippen LogP contribution in [0.4, 0.5) is 28.9 Å². The van der Waals surface area contributed by atoms with Crippen LogP contribution in [0.3, 0.4) is 0 Å². The van der Waals surface area contributed by atoms with Crippen LogP contribution in [0.25, 0.3) is 11.4 Å². The van der Waals surface area contributed by atoms with E-state index in [0.717, 1.165) is 85.0 Å². The molecular weight excluding hydrogens is 1040 g/mol. The van der Waals surface area contributed by atoms with Gasteiger partial charge in [-0.15, -0.1) is 21.8 Å². The summed E-state index contributed by atoms with van der Waals surface area (Å²) in [6.07, 6.45) is 9.57. The van der Waals surface area contributed by atoms with Gasteiger partial charge in [-0.05, 0) is 81.7 Å². The molecule has 0 bridgehead atoms. The summed E-state index contributed by atoms with van der Waals surface area (Å²) in [6.45, 7) is 1.81. The minimum atomic E-state index is -3.76. The molecule has 2 aliphatic carbocycles. The fraction of sp³-hybridized carbons (Fsp3) is 0.455. The molecular formula is C44H47Cl3F4N10O8S2. The fourth-order valence-electron chi connectivity index (χ4n) is 8.83. The molecule has 0 radical (unpaired) electrons. The van der Waals surface area contributed by atoms with Crippen molar-refractivity contribution in [3.63, 3.8) is 0 Å². The Kier molecular flexibility index (Phi) is 16.4. The van der Waals surface area contributed by atoms with Gasteiger partial charge in [0.2, 0.25) is 31.5 Å². The lowest BCUT2D eigenvalue weighted by molar-refractivity contribution is 0.205. The molecule has 18 nitrogen and oxygen atoms in total. The smallest absolute Gasteiger partial charge is 0.316 e. The predicted octanol–water partition coefficient (Wildman–Crippen LogP) is 6.06. The highest BCUT2D eigenvalue weighted by Gasteiger charge is 2.33. The number of benzene rings is 2. The molecule has 2 saturated carbocycles. The summed E-state index contributed by atoms with van der Waals surface area (Å²) in [5.41, 5.74) is -0.337. The molecule has 5 heterocycles. The molecule has 0 unspecified atom stereocenters. The number of nitrogens with zero attached hydrogens (tertiary/aromatic N) is 10. The molecule has 0 spiro atoms. The zero-order chi connectivity index (χ0) is 50.6. The maximum atomic E-state index is 13.9. The first-order valence-corrected chi connectivity index (χ1v) is 27.1. The minimum Gasteiger partial charge on any atom is -0.483 e. The van der Waals surface area contributed by atoms with Crippen molar-refractivity contribution in [2.75, 3.05) is 67.4 Å². The van der Waals surface area contributed by atoms with Gasteiger partial charge in [-0.2, -0.15) is 28.2 Å². The number of aromatic nitrogens is 6. The lowest BCUT2D eigenvalue weighted by Gasteiger charge is -2.36. The van der Waals surface area contributed by atoms with E-state index in [2.05, 4.69) is 20.4 Å². The second kappa shape index (κ2) is 22.3. The lowest BCUT2D eigenvalue weighted by Crippen LogP contribution is -2.49. The average molecular weight is 1090 g/mol. The Bertz CT molecular complexity index is 3060. The van der Waals surface area contributed by atoms with Crippen LogP contribution in [0, 0.1) is 23.3 Å². The first-order valence-electron chi connectivity index (χ1n) is 22.6. The van der Waals surface area contributed by atoms with E-state index in [1.165, 1.54) is 27.1 Å². The van der Waals surface area contributed by atoms with E-state index in [1.54, 1.807) is 0 Å². The summed E-state index contributed by atoms with van der Waals surface area (Å²) in [5.74, 6) is -3.67. The van der Waals surface area contributed by atoms with Crippen molar-refractivity contribution < 1.29 is 43.9 Å². The number of sulfonamides is 2. The first kappa shape index (κ1) is 52.2. The van der Waals surface area contributed by atoms with Gasteiger partial charge in [0.15, 0.2) is 10.3 Å². The molecule has 2 saturated heterocycles. The Balaban J connectivity index is 0.000000194. The molecule has 9 rings (SSSR count). The number of piperazine rings is 2. The summed E-state index contributed by atoms with van der Waals surface area (Å²) < 4.78 is 122. The van der Waals surface area contributed by atoms with E-state index in [0.29, 0.717) is 36.6 Å². The normalized spacial score (nSPS) is 17.6. The molecule has 2 aliphatic heterocycles. The molecule has 4 fully saturated rings. The molecule has 5 aromatic rings. The molecule has 71 heavy (non-hydrogen) atoms. The van der Waals surface area contributed by atoms with Crippen molar-refractivity contribution >= 4 is 66.2 Å². The number of alkyl halides is 1. The van der Waals surface area contributed by atoms with Crippen molar-refractivity contribution in [2.24, 2.45) is 0 Å². The second-order valence-electron chi connectivity index (χ2n) is 17.2. The Morgan fingerprint density at radius 3 is 1.35 bits per heavy atom. The fourth-order valence-corrected chi connectivity index (χ4v) is 12.0. The maximum Gasteiger partial charge on any atom is 0.316 e.